The lowest BCUT2D eigenvalue weighted by Gasteiger charge is -2.22. The summed E-state index contributed by atoms with van der Waals surface area (Å²) >= 11 is 0. The number of amidine groups is 1. The molecular formula is C10H17N3O2. The zero-order valence-electron chi connectivity index (χ0n) is 8.70. The van der Waals surface area contributed by atoms with E-state index in [0.29, 0.717) is 12.5 Å². The lowest BCUT2D eigenvalue weighted by molar-refractivity contribution is -0.138. The molecule has 2 aliphatic rings. The van der Waals surface area contributed by atoms with Crippen LogP contribution in [0.5, 0.6) is 0 Å². The number of rotatable bonds is 3. The molecule has 1 fully saturated rings. The molecule has 0 aromatic heterocycles. The van der Waals surface area contributed by atoms with E-state index in [4.69, 9.17) is 5.11 Å². The molecule has 1 unspecified atom stereocenters. The van der Waals surface area contributed by atoms with Gasteiger partial charge in [0.05, 0.1) is 12.4 Å². The fourth-order valence-corrected chi connectivity index (χ4v) is 2.12. The van der Waals surface area contributed by atoms with Gasteiger partial charge in [-0.05, 0) is 31.8 Å². The molecule has 5 nitrogen and oxygen atoms in total. The van der Waals surface area contributed by atoms with E-state index in [9.17, 15) is 4.79 Å². The van der Waals surface area contributed by atoms with Crippen LogP contribution in [0.3, 0.4) is 0 Å². The van der Waals surface area contributed by atoms with Crippen LogP contribution in [0.2, 0.25) is 0 Å². The molecule has 0 saturated carbocycles. The number of carboxylic acids is 1. The summed E-state index contributed by atoms with van der Waals surface area (Å²) in [5.74, 6) is 0.735. The summed E-state index contributed by atoms with van der Waals surface area (Å²) in [6.45, 7) is 2.52. The topological polar surface area (TPSA) is 73.7 Å². The Morgan fingerprint density at radius 3 is 2.80 bits per heavy atom. The van der Waals surface area contributed by atoms with E-state index >= 15 is 0 Å². The highest BCUT2D eigenvalue weighted by molar-refractivity contribution is 5.90. The number of hydrogen-bond acceptors (Lipinski definition) is 4. The Balaban J connectivity index is 1.78. The molecule has 0 radical (unpaired) electrons. The standard InChI is InChI=1S/C10H17N3O2/c14-10(15)8-6-12-9(13-8)5-7-1-3-11-4-2-7/h7-8,11H,1-6H2,(H,12,13)(H,14,15). The van der Waals surface area contributed by atoms with Gasteiger partial charge in [0.1, 0.15) is 6.04 Å². The van der Waals surface area contributed by atoms with Crippen molar-refractivity contribution >= 4 is 11.8 Å². The van der Waals surface area contributed by atoms with Gasteiger partial charge >= 0.3 is 5.97 Å². The number of nitrogens with zero attached hydrogens (tertiary/aromatic N) is 1. The van der Waals surface area contributed by atoms with E-state index in [0.717, 1.165) is 25.3 Å². The number of hydrogen-bond donors (Lipinski definition) is 3. The lowest BCUT2D eigenvalue weighted by Crippen LogP contribution is -2.38. The molecule has 1 saturated heterocycles. The first-order valence-electron chi connectivity index (χ1n) is 5.49. The zero-order chi connectivity index (χ0) is 10.7. The highest BCUT2D eigenvalue weighted by atomic mass is 16.4. The van der Waals surface area contributed by atoms with Crippen molar-refractivity contribution in [3.8, 4) is 0 Å². The van der Waals surface area contributed by atoms with E-state index < -0.39 is 12.0 Å². The number of aliphatic imine (C=N–C) groups is 1. The number of carbonyl (C=O) groups is 1. The van der Waals surface area contributed by atoms with Crippen molar-refractivity contribution in [1.29, 1.82) is 0 Å². The average molecular weight is 211 g/mol. The molecule has 0 aromatic carbocycles. The third kappa shape index (κ3) is 2.68. The summed E-state index contributed by atoms with van der Waals surface area (Å²) in [7, 11) is 0. The Morgan fingerprint density at radius 2 is 2.20 bits per heavy atom. The highest BCUT2D eigenvalue weighted by Crippen LogP contribution is 2.17. The Bertz CT molecular complexity index is 272. The summed E-state index contributed by atoms with van der Waals surface area (Å²) in [5.41, 5.74) is 0. The van der Waals surface area contributed by atoms with Crippen molar-refractivity contribution < 1.29 is 9.90 Å². The number of nitrogens with one attached hydrogen (secondary N) is 2. The minimum Gasteiger partial charge on any atom is -0.480 e. The van der Waals surface area contributed by atoms with Crippen LogP contribution >= 0.6 is 0 Å². The summed E-state index contributed by atoms with van der Waals surface area (Å²) in [6, 6.07) is -0.498. The van der Waals surface area contributed by atoms with Gasteiger partial charge in [-0.3, -0.25) is 4.99 Å². The maximum atomic E-state index is 10.7. The Kier molecular flexibility index (Phi) is 3.20. The number of piperidine rings is 1. The monoisotopic (exact) mass is 211 g/mol. The second-order valence-corrected chi connectivity index (χ2v) is 4.22. The van der Waals surface area contributed by atoms with Crippen LogP contribution in [0.1, 0.15) is 19.3 Å². The van der Waals surface area contributed by atoms with Gasteiger partial charge in [-0.2, -0.15) is 0 Å². The Morgan fingerprint density at radius 1 is 1.47 bits per heavy atom. The number of aliphatic carboxylic acids is 1. The molecular weight excluding hydrogens is 194 g/mol. The van der Waals surface area contributed by atoms with Crippen LogP contribution in [0.25, 0.3) is 0 Å². The van der Waals surface area contributed by atoms with E-state index in [2.05, 4.69) is 15.6 Å². The zero-order valence-corrected chi connectivity index (χ0v) is 8.70. The molecule has 1 atom stereocenters. The molecule has 0 aliphatic carbocycles. The van der Waals surface area contributed by atoms with Gasteiger partial charge < -0.3 is 15.7 Å². The van der Waals surface area contributed by atoms with Crippen molar-refractivity contribution in [2.75, 3.05) is 19.6 Å². The van der Waals surface area contributed by atoms with Gasteiger partial charge in [0.15, 0.2) is 0 Å². The van der Waals surface area contributed by atoms with Gasteiger partial charge in [0.25, 0.3) is 0 Å². The van der Waals surface area contributed by atoms with E-state index in [1.54, 1.807) is 0 Å². The molecule has 2 aliphatic heterocycles. The van der Waals surface area contributed by atoms with E-state index in [1.165, 1.54) is 12.8 Å². The van der Waals surface area contributed by atoms with E-state index in [-0.39, 0.29) is 0 Å². The SMILES string of the molecule is O=C(O)C1CN=C(CC2CCNCC2)N1. The third-order valence-electron chi connectivity index (χ3n) is 3.04. The second-order valence-electron chi connectivity index (χ2n) is 4.22. The van der Waals surface area contributed by atoms with Crippen molar-refractivity contribution in [2.24, 2.45) is 10.9 Å². The molecule has 0 amide bonds. The third-order valence-corrected chi connectivity index (χ3v) is 3.04. The van der Waals surface area contributed by atoms with Gasteiger partial charge in [-0.1, -0.05) is 0 Å². The summed E-state index contributed by atoms with van der Waals surface area (Å²) in [6.07, 6.45) is 3.24. The van der Waals surface area contributed by atoms with Gasteiger partial charge in [-0.15, -0.1) is 0 Å². The van der Waals surface area contributed by atoms with Crippen molar-refractivity contribution in [3.63, 3.8) is 0 Å². The predicted octanol–water partition coefficient (Wildman–Crippen LogP) is -0.169. The first-order chi connectivity index (χ1) is 7.25. The molecule has 0 bridgehead atoms. The van der Waals surface area contributed by atoms with Gasteiger partial charge in [0, 0.05) is 6.42 Å². The maximum absolute atomic E-state index is 10.7. The largest absolute Gasteiger partial charge is 0.480 e. The van der Waals surface area contributed by atoms with Crippen molar-refractivity contribution in [2.45, 2.75) is 25.3 Å². The first kappa shape index (κ1) is 10.4. The number of carboxylic acid groups (broad SMARTS) is 1. The normalized spacial score (nSPS) is 27.2. The summed E-state index contributed by atoms with van der Waals surface area (Å²) in [5, 5.41) is 15.1. The molecule has 0 spiro atoms. The van der Waals surface area contributed by atoms with Gasteiger partial charge in [-0.25, -0.2) is 4.79 Å². The fraction of sp³-hybridized carbons (Fsp3) is 0.800. The molecule has 84 valence electrons. The van der Waals surface area contributed by atoms with Crippen molar-refractivity contribution in [3.05, 3.63) is 0 Å². The smallest absolute Gasteiger partial charge is 0.328 e. The van der Waals surface area contributed by atoms with Crippen LogP contribution in [-0.4, -0.2) is 42.6 Å². The van der Waals surface area contributed by atoms with Gasteiger partial charge in [0.2, 0.25) is 0 Å². The van der Waals surface area contributed by atoms with Crippen LogP contribution in [-0.2, 0) is 4.79 Å². The minimum atomic E-state index is -0.806. The average Bonchev–Trinajstić information content (AvgIpc) is 2.68. The molecule has 2 heterocycles. The molecule has 0 aromatic rings. The summed E-state index contributed by atoms with van der Waals surface area (Å²) < 4.78 is 0. The van der Waals surface area contributed by atoms with Crippen LogP contribution in [0, 0.1) is 5.92 Å². The fourth-order valence-electron chi connectivity index (χ4n) is 2.12. The molecule has 15 heavy (non-hydrogen) atoms. The van der Waals surface area contributed by atoms with Crippen LogP contribution < -0.4 is 10.6 Å². The maximum Gasteiger partial charge on any atom is 0.328 e. The van der Waals surface area contributed by atoms with Crippen molar-refractivity contribution in [1.82, 2.24) is 10.6 Å². The predicted molar refractivity (Wildman–Crippen MR) is 57.1 cm³/mol. The first-order valence-corrected chi connectivity index (χ1v) is 5.49. The van der Waals surface area contributed by atoms with Crippen LogP contribution in [0.15, 0.2) is 4.99 Å². The molecule has 5 heteroatoms. The quantitative estimate of drug-likeness (QED) is 0.606. The Labute approximate surface area is 89.0 Å². The molecule has 3 N–H and O–H groups in total. The van der Waals surface area contributed by atoms with Crippen LogP contribution in [0.4, 0.5) is 0 Å². The molecule has 2 rings (SSSR count). The second kappa shape index (κ2) is 4.61. The Hall–Kier alpha value is -1.10. The van der Waals surface area contributed by atoms with E-state index in [1.807, 2.05) is 0 Å². The minimum absolute atomic E-state index is 0.385. The lowest BCUT2D eigenvalue weighted by atomic mass is 9.94. The summed E-state index contributed by atoms with van der Waals surface area (Å²) in [4.78, 5) is 14.9. The highest BCUT2D eigenvalue weighted by Gasteiger charge is 2.25.